The molecule has 0 saturated heterocycles. The third-order valence-corrected chi connectivity index (χ3v) is 7.66. The monoisotopic (exact) mass is 438 g/mol. The molecule has 3 rings (SSSR count). The van der Waals surface area contributed by atoms with Gasteiger partial charge in [-0.15, -0.1) is 0 Å². The lowest BCUT2D eigenvalue weighted by Gasteiger charge is -2.24. The Morgan fingerprint density at radius 3 is 2.03 bits per heavy atom. The van der Waals surface area contributed by atoms with Crippen molar-refractivity contribution in [1.82, 2.24) is 9.62 Å². The number of nitrogens with zero attached hydrogens (tertiary/aromatic N) is 1. The van der Waals surface area contributed by atoms with Gasteiger partial charge >= 0.3 is 10.1 Å². The summed E-state index contributed by atoms with van der Waals surface area (Å²) in [7, 11) is -3.79. The maximum atomic E-state index is 12.6. The maximum absolute atomic E-state index is 12.6. The molecule has 0 aromatic heterocycles. The Labute approximate surface area is 172 Å². The van der Waals surface area contributed by atoms with Crippen LogP contribution in [0.1, 0.15) is 18.4 Å². The van der Waals surface area contributed by atoms with Crippen LogP contribution in [-0.2, 0) is 20.1 Å². The Balaban J connectivity index is 1.68. The van der Waals surface area contributed by atoms with Crippen LogP contribution in [0.2, 0.25) is 0 Å². The standard InChI is InChI=1S/C20H26N2O5S2/c1-15-4-10-19(11-5-15)29(25,26)27-17-8-12-18(13-9-17)28(23,24)21-14-20(22(2)3)16-6-7-16/h4-5,8-13,16,20-21H,6-7,14H2,1-3H3. The molecule has 0 amide bonds. The largest absolute Gasteiger partial charge is 0.379 e. The van der Waals surface area contributed by atoms with Crippen molar-refractivity contribution in [2.45, 2.75) is 35.6 Å². The van der Waals surface area contributed by atoms with Crippen molar-refractivity contribution in [3.8, 4) is 5.75 Å². The summed E-state index contributed by atoms with van der Waals surface area (Å²) in [5.74, 6) is 0.573. The molecule has 1 fully saturated rings. The molecule has 158 valence electrons. The third-order valence-electron chi connectivity index (χ3n) is 4.96. The smallest absolute Gasteiger partial charge is 0.339 e. The van der Waals surface area contributed by atoms with Crippen molar-refractivity contribution in [2.75, 3.05) is 20.6 Å². The predicted octanol–water partition coefficient (Wildman–Crippen LogP) is 2.38. The molecule has 2 aromatic rings. The maximum Gasteiger partial charge on any atom is 0.339 e. The van der Waals surface area contributed by atoms with Gasteiger partial charge < -0.3 is 9.08 Å². The lowest BCUT2D eigenvalue weighted by atomic mass is 10.2. The summed E-state index contributed by atoms with van der Waals surface area (Å²) in [5, 5.41) is 0. The normalized spacial score (nSPS) is 16.0. The predicted molar refractivity (Wildman–Crippen MR) is 111 cm³/mol. The molecular weight excluding hydrogens is 412 g/mol. The zero-order chi connectivity index (χ0) is 21.2. The summed E-state index contributed by atoms with van der Waals surface area (Å²) in [6, 6.07) is 11.8. The van der Waals surface area contributed by atoms with Crippen molar-refractivity contribution < 1.29 is 21.0 Å². The van der Waals surface area contributed by atoms with Crippen LogP contribution in [0.25, 0.3) is 0 Å². The van der Waals surface area contributed by atoms with Gasteiger partial charge in [0.05, 0.1) is 4.90 Å². The molecule has 0 aliphatic heterocycles. The number of nitrogens with one attached hydrogen (secondary N) is 1. The zero-order valence-corrected chi connectivity index (χ0v) is 18.3. The summed E-state index contributed by atoms with van der Waals surface area (Å²) in [6.45, 7) is 2.19. The van der Waals surface area contributed by atoms with E-state index in [1.165, 1.54) is 36.4 Å². The van der Waals surface area contributed by atoms with Crippen molar-refractivity contribution in [2.24, 2.45) is 5.92 Å². The minimum absolute atomic E-state index is 0.0382. The van der Waals surface area contributed by atoms with E-state index in [1.54, 1.807) is 12.1 Å². The summed E-state index contributed by atoms with van der Waals surface area (Å²) < 4.78 is 57.6. The Kier molecular flexibility index (Phi) is 6.33. The van der Waals surface area contributed by atoms with Gasteiger partial charge in [-0.1, -0.05) is 17.7 Å². The molecule has 1 saturated carbocycles. The Morgan fingerprint density at radius 2 is 1.52 bits per heavy atom. The summed E-state index contributed by atoms with van der Waals surface area (Å²) in [5.41, 5.74) is 0.934. The second-order valence-electron chi connectivity index (χ2n) is 7.54. The molecule has 1 atom stereocenters. The number of sulfonamides is 1. The lowest BCUT2D eigenvalue weighted by Crippen LogP contribution is -2.41. The van der Waals surface area contributed by atoms with Gasteiger partial charge in [0.1, 0.15) is 10.6 Å². The fourth-order valence-electron chi connectivity index (χ4n) is 3.08. The number of aryl methyl sites for hydroxylation is 1. The molecule has 1 aliphatic rings. The van der Waals surface area contributed by atoms with E-state index in [0.717, 1.165) is 18.4 Å². The molecule has 9 heteroatoms. The van der Waals surface area contributed by atoms with E-state index in [4.69, 9.17) is 4.18 Å². The highest BCUT2D eigenvalue weighted by Crippen LogP contribution is 2.34. The van der Waals surface area contributed by atoms with E-state index in [9.17, 15) is 16.8 Å². The van der Waals surface area contributed by atoms with Crippen LogP contribution in [0.3, 0.4) is 0 Å². The third kappa shape index (κ3) is 5.57. The summed E-state index contributed by atoms with van der Waals surface area (Å²) in [4.78, 5) is 2.13. The van der Waals surface area contributed by atoms with Crippen LogP contribution in [-0.4, -0.2) is 48.4 Å². The molecule has 0 heterocycles. The van der Waals surface area contributed by atoms with E-state index in [1.807, 2.05) is 25.9 Å². The molecule has 1 unspecified atom stereocenters. The van der Waals surface area contributed by atoms with Gasteiger partial charge in [0.15, 0.2) is 0 Å². The molecule has 7 nitrogen and oxygen atoms in total. The fraction of sp³-hybridized carbons (Fsp3) is 0.400. The van der Waals surface area contributed by atoms with Crippen LogP contribution in [0.4, 0.5) is 0 Å². The van der Waals surface area contributed by atoms with Gasteiger partial charge in [-0.2, -0.15) is 8.42 Å². The van der Waals surface area contributed by atoms with Crippen LogP contribution >= 0.6 is 0 Å². The molecule has 29 heavy (non-hydrogen) atoms. The lowest BCUT2D eigenvalue weighted by molar-refractivity contribution is 0.265. The average molecular weight is 439 g/mol. The minimum Gasteiger partial charge on any atom is -0.379 e. The van der Waals surface area contributed by atoms with E-state index < -0.39 is 20.1 Å². The zero-order valence-electron chi connectivity index (χ0n) is 16.7. The highest BCUT2D eigenvalue weighted by Gasteiger charge is 2.33. The number of likely N-dealkylation sites (N-methyl/N-ethyl adjacent to an activating group) is 1. The topological polar surface area (TPSA) is 92.8 Å². The van der Waals surface area contributed by atoms with Crippen molar-refractivity contribution in [3.63, 3.8) is 0 Å². The number of hydrogen-bond donors (Lipinski definition) is 1. The molecular formula is C20H26N2O5S2. The second-order valence-corrected chi connectivity index (χ2v) is 10.9. The van der Waals surface area contributed by atoms with Gasteiger partial charge in [0.2, 0.25) is 10.0 Å². The summed E-state index contributed by atoms with van der Waals surface area (Å²) in [6.07, 6.45) is 2.23. The van der Waals surface area contributed by atoms with Gasteiger partial charge in [0.25, 0.3) is 0 Å². The fourth-order valence-corrected chi connectivity index (χ4v) is 5.07. The second kappa shape index (κ2) is 8.43. The van der Waals surface area contributed by atoms with Crippen LogP contribution in [0.5, 0.6) is 5.75 Å². The highest BCUT2D eigenvalue weighted by molar-refractivity contribution is 7.89. The quantitative estimate of drug-likeness (QED) is 0.605. The van der Waals surface area contributed by atoms with Gasteiger partial charge in [0, 0.05) is 12.6 Å². The van der Waals surface area contributed by atoms with E-state index in [0.29, 0.717) is 12.5 Å². The van der Waals surface area contributed by atoms with Crippen molar-refractivity contribution in [3.05, 3.63) is 54.1 Å². The first kappa shape index (κ1) is 21.8. The van der Waals surface area contributed by atoms with Crippen LogP contribution < -0.4 is 8.91 Å². The minimum atomic E-state index is -3.98. The Bertz CT molecular complexity index is 1040. The van der Waals surface area contributed by atoms with Crippen molar-refractivity contribution >= 4 is 20.1 Å². The Hall–Kier alpha value is -1.94. The first-order chi connectivity index (χ1) is 13.6. The van der Waals surface area contributed by atoms with E-state index >= 15 is 0 Å². The molecule has 1 N–H and O–H groups in total. The number of benzene rings is 2. The molecule has 0 spiro atoms. The first-order valence-corrected chi connectivity index (χ1v) is 12.2. The number of hydrogen-bond acceptors (Lipinski definition) is 6. The summed E-state index contributed by atoms with van der Waals surface area (Å²) >= 11 is 0. The van der Waals surface area contributed by atoms with Gasteiger partial charge in [-0.25, -0.2) is 13.1 Å². The van der Waals surface area contributed by atoms with Gasteiger partial charge in [-0.3, -0.25) is 0 Å². The highest BCUT2D eigenvalue weighted by atomic mass is 32.2. The first-order valence-electron chi connectivity index (χ1n) is 9.36. The number of rotatable bonds is 9. The van der Waals surface area contributed by atoms with E-state index in [2.05, 4.69) is 4.72 Å². The van der Waals surface area contributed by atoms with Crippen LogP contribution in [0.15, 0.2) is 58.3 Å². The molecule has 2 aromatic carbocycles. The molecule has 1 aliphatic carbocycles. The molecule has 0 bridgehead atoms. The van der Waals surface area contributed by atoms with Gasteiger partial charge in [-0.05, 0) is 76.2 Å². The Morgan fingerprint density at radius 1 is 0.966 bits per heavy atom. The SMILES string of the molecule is Cc1ccc(S(=O)(=O)Oc2ccc(S(=O)(=O)NCC(C3CC3)N(C)C)cc2)cc1. The van der Waals surface area contributed by atoms with Crippen molar-refractivity contribution in [1.29, 1.82) is 0 Å². The molecule has 0 radical (unpaired) electrons. The van der Waals surface area contributed by atoms with Crippen LogP contribution in [0, 0.1) is 12.8 Å². The van der Waals surface area contributed by atoms with E-state index in [-0.39, 0.29) is 21.6 Å². The average Bonchev–Trinajstić information content (AvgIpc) is 3.47.